The van der Waals surface area contributed by atoms with Gasteiger partial charge in [0.15, 0.2) is 0 Å². The molecule has 0 radical (unpaired) electrons. The maximum Gasteiger partial charge on any atom is 0.0756 e. The van der Waals surface area contributed by atoms with Crippen LogP contribution in [0.4, 0.5) is 0 Å². The summed E-state index contributed by atoms with van der Waals surface area (Å²) in [5.41, 5.74) is 6.87. The number of nitrogens with two attached hydrogens (primary N) is 1. The van der Waals surface area contributed by atoms with E-state index in [1.54, 1.807) is 18.6 Å². The van der Waals surface area contributed by atoms with Crippen LogP contribution in [0.3, 0.4) is 0 Å². The molecule has 1 fully saturated rings. The van der Waals surface area contributed by atoms with Crippen molar-refractivity contribution in [2.45, 2.75) is 24.9 Å². The molecule has 70 valence electrons. The van der Waals surface area contributed by atoms with Crippen molar-refractivity contribution in [3.05, 3.63) is 24.3 Å². The molecule has 1 aliphatic heterocycles. The zero-order chi connectivity index (χ0) is 9.10. The second-order valence-electron chi connectivity index (χ2n) is 3.42. The third-order valence-corrected chi connectivity index (χ3v) is 2.38. The zero-order valence-electron chi connectivity index (χ0n) is 7.48. The summed E-state index contributed by atoms with van der Waals surface area (Å²) in [5, 5.41) is 3.38. The lowest BCUT2D eigenvalue weighted by molar-refractivity contribution is 0.363. The molecule has 0 aliphatic carbocycles. The molecule has 2 atom stereocenters. The Bertz CT molecular complexity index is 262. The molecule has 0 spiro atoms. The van der Waals surface area contributed by atoms with Crippen LogP contribution in [0.5, 0.6) is 0 Å². The summed E-state index contributed by atoms with van der Waals surface area (Å²) in [6.45, 7) is 0.975. The molecule has 2 rings (SSSR count). The summed E-state index contributed by atoms with van der Waals surface area (Å²) in [6, 6.07) is 0.589. The van der Waals surface area contributed by atoms with Gasteiger partial charge in [0.1, 0.15) is 0 Å². The van der Waals surface area contributed by atoms with Crippen LogP contribution in [0.2, 0.25) is 0 Å². The van der Waals surface area contributed by atoms with Gasteiger partial charge in [0.25, 0.3) is 0 Å². The van der Waals surface area contributed by atoms with Gasteiger partial charge in [-0.1, -0.05) is 0 Å². The maximum absolute atomic E-state index is 5.87. The van der Waals surface area contributed by atoms with Crippen LogP contribution in [-0.4, -0.2) is 22.6 Å². The number of rotatable bonds is 1. The Labute approximate surface area is 77.6 Å². The van der Waals surface area contributed by atoms with Crippen LogP contribution >= 0.6 is 0 Å². The average molecular weight is 178 g/mol. The smallest absolute Gasteiger partial charge is 0.0756 e. The molecular formula is C9H14N4. The number of piperidine rings is 1. The standard InChI is InChI=1S/C9H14N4/c10-7-1-2-12-8(5-7)9-6-11-3-4-13-9/h3-4,6-8,12H,1-2,5,10H2. The Balaban J connectivity index is 2.08. The fraction of sp³-hybridized carbons (Fsp3) is 0.556. The van der Waals surface area contributed by atoms with E-state index in [1.165, 1.54) is 0 Å². The third kappa shape index (κ3) is 2.02. The van der Waals surface area contributed by atoms with Crippen LogP contribution in [-0.2, 0) is 0 Å². The summed E-state index contributed by atoms with van der Waals surface area (Å²) < 4.78 is 0. The monoisotopic (exact) mass is 178 g/mol. The van der Waals surface area contributed by atoms with E-state index >= 15 is 0 Å². The highest BCUT2D eigenvalue weighted by Crippen LogP contribution is 2.19. The average Bonchev–Trinajstić information content (AvgIpc) is 2.19. The van der Waals surface area contributed by atoms with E-state index in [4.69, 9.17) is 5.73 Å². The van der Waals surface area contributed by atoms with E-state index in [9.17, 15) is 0 Å². The fourth-order valence-electron chi connectivity index (χ4n) is 1.66. The molecule has 1 aromatic heterocycles. The van der Waals surface area contributed by atoms with Gasteiger partial charge in [0.2, 0.25) is 0 Å². The lowest BCUT2D eigenvalue weighted by Crippen LogP contribution is -2.38. The van der Waals surface area contributed by atoms with Crippen LogP contribution in [0.25, 0.3) is 0 Å². The van der Waals surface area contributed by atoms with Gasteiger partial charge in [-0.25, -0.2) is 0 Å². The van der Waals surface area contributed by atoms with Gasteiger partial charge in [-0.2, -0.15) is 0 Å². The van der Waals surface area contributed by atoms with E-state index in [1.807, 2.05) is 0 Å². The first-order chi connectivity index (χ1) is 6.36. The molecule has 1 aliphatic rings. The van der Waals surface area contributed by atoms with Crippen molar-refractivity contribution in [1.29, 1.82) is 0 Å². The van der Waals surface area contributed by atoms with Crippen molar-refractivity contribution in [3.8, 4) is 0 Å². The van der Waals surface area contributed by atoms with Crippen LogP contribution in [0.15, 0.2) is 18.6 Å². The number of hydrogen-bond acceptors (Lipinski definition) is 4. The first-order valence-electron chi connectivity index (χ1n) is 4.61. The van der Waals surface area contributed by atoms with Gasteiger partial charge < -0.3 is 11.1 Å². The van der Waals surface area contributed by atoms with Crippen molar-refractivity contribution >= 4 is 0 Å². The van der Waals surface area contributed by atoms with Crippen LogP contribution < -0.4 is 11.1 Å². The number of nitrogens with zero attached hydrogens (tertiary/aromatic N) is 2. The molecule has 1 saturated heterocycles. The maximum atomic E-state index is 5.87. The minimum atomic E-state index is 0.289. The lowest BCUT2D eigenvalue weighted by atomic mass is 9.98. The molecule has 0 bridgehead atoms. The third-order valence-electron chi connectivity index (χ3n) is 2.38. The second kappa shape index (κ2) is 3.81. The van der Waals surface area contributed by atoms with Crippen molar-refractivity contribution in [2.24, 2.45) is 5.73 Å². The SMILES string of the molecule is NC1CCNC(c2cnccn2)C1. The molecule has 1 aromatic rings. The summed E-state index contributed by atoms with van der Waals surface area (Å²) in [6.07, 6.45) is 7.22. The van der Waals surface area contributed by atoms with E-state index in [0.29, 0.717) is 6.04 Å². The highest BCUT2D eigenvalue weighted by molar-refractivity contribution is 5.04. The number of aromatic nitrogens is 2. The first kappa shape index (κ1) is 8.59. The molecule has 4 nitrogen and oxygen atoms in total. The van der Waals surface area contributed by atoms with Crippen LogP contribution in [0.1, 0.15) is 24.6 Å². The largest absolute Gasteiger partial charge is 0.328 e. The Morgan fingerprint density at radius 2 is 2.38 bits per heavy atom. The number of hydrogen-bond donors (Lipinski definition) is 2. The van der Waals surface area contributed by atoms with Crippen molar-refractivity contribution in [2.75, 3.05) is 6.54 Å². The summed E-state index contributed by atoms with van der Waals surface area (Å²) in [5.74, 6) is 0. The van der Waals surface area contributed by atoms with Gasteiger partial charge in [0.05, 0.1) is 11.7 Å². The summed E-state index contributed by atoms with van der Waals surface area (Å²) >= 11 is 0. The normalized spacial score (nSPS) is 28.7. The Morgan fingerprint density at radius 1 is 1.46 bits per heavy atom. The Morgan fingerprint density at radius 3 is 3.08 bits per heavy atom. The van der Waals surface area contributed by atoms with Crippen molar-refractivity contribution in [1.82, 2.24) is 15.3 Å². The molecule has 13 heavy (non-hydrogen) atoms. The highest BCUT2D eigenvalue weighted by Gasteiger charge is 2.20. The Kier molecular flexibility index (Phi) is 2.52. The van der Waals surface area contributed by atoms with E-state index in [0.717, 1.165) is 25.1 Å². The minimum Gasteiger partial charge on any atom is -0.328 e. The molecule has 0 amide bonds. The second-order valence-corrected chi connectivity index (χ2v) is 3.42. The predicted octanol–water partition coefficient (Wildman–Crippen LogP) is 0.228. The van der Waals surface area contributed by atoms with Crippen LogP contribution in [0, 0.1) is 0 Å². The molecule has 0 aromatic carbocycles. The van der Waals surface area contributed by atoms with Gasteiger partial charge in [-0.05, 0) is 19.4 Å². The van der Waals surface area contributed by atoms with Gasteiger partial charge in [0, 0.05) is 24.6 Å². The zero-order valence-corrected chi connectivity index (χ0v) is 7.48. The minimum absolute atomic E-state index is 0.289. The molecule has 3 N–H and O–H groups in total. The molecule has 2 heterocycles. The quantitative estimate of drug-likeness (QED) is 0.646. The Hall–Kier alpha value is -1.00. The molecule has 2 unspecified atom stereocenters. The molecule has 0 saturated carbocycles. The van der Waals surface area contributed by atoms with Gasteiger partial charge in [-0.3, -0.25) is 9.97 Å². The van der Waals surface area contributed by atoms with Gasteiger partial charge >= 0.3 is 0 Å². The summed E-state index contributed by atoms with van der Waals surface area (Å²) in [4.78, 5) is 8.30. The van der Waals surface area contributed by atoms with Crippen molar-refractivity contribution < 1.29 is 0 Å². The van der Waals surface area contributed by atoms with Gasteiger partial charge in [-0.15, -0.1) is 0 Å². The van der Waals surface area contributed by atoms with Crippen molar-refractivity contribution in [3.63, 3.8) is 0 Å². The molecular weight excluding hydrogens is 164 g/mol. The highest BCUT2D eigenvalue weighted by atomic mass is 15.0. The fourth-order valence-corrected chi connectivity index (χ4v) is 1.66. The number of nitrogens with one attached hydrogen (secondary N) is 1. The topological polar surface area (TPSA) is 63.8 Å². The first-order valence-corrected chi connectivity index (χ1v) is 4.61. The van der Waals surface area contributed by atoms with E-state index in [-0.39, 0.29) is 6.04 Å². The molecule has 4 heteroatoms. The predicted molar refractivity (Wildman–Crippen MR) is 50.0 cm³/mol. The summed E-state index contributed by atoms with van der Waals surface area (Å²) in [7, 11) is 0. The van der Waals surface area contributed by atoms with E-state index < -0.39 is 0 Å². The van der Waals surface area contributed by atoms with E-state index in [2.05, 4.69) is 15.3 Å². The lowest BCUT2D eigenvalue weighted by Gasteiger charge is -2.27.